The second-order valence-corrected chi connectivity index (χ2v) is 19.6. The summed E-state index contributed by atoms with van der Waals surface area (Å²) in [6.45, 7) is 6.64. The van der Waals surface area contributed by atoms with Crippen molar-refractivity contribution in [3.8, 4) is 0 Å². The van der Waals surface area contributed by atoms with Crippen LogP contribution in [0.25, 0.3) is 0 Å². The van der Waals surface area contributed by atoms with Crippen LogP contribution in [-0.2, 0) is 28.6 Å². The van der Waals surface area contributed by atoms with Gasteiger partial charge in [-0.05, 0) is 77.0 Å². The van der Waals surface area contributed by atoms with Gasteiger partial charge in [-0.25, -0.2) is 0 Å². The molecule has 0 saturated carbocycles. The zero-order chi connectivity index (χ0) is 47.9. The number of allylic oxidation sites excluding steroid dienone is 6. The third kappa shape index (κ3) is 52.6. The Labute approximate surface area is 410 Å². The molecule has 6 nitrogen and oxygen atoms in total. The van der Waals surface area contributed by atoms with Gasteiger partial charge in [-0.3, -0.25) is 14.4 Å². The fraction of sp³-hybridized carbons (Fsp3) is 0.850. The quantitative estimate of drug-likeness (QED) is 0.0262. The van der Waals surface area contributed by atoms with E-state index in [0.29, 0.717) is 19.3 Å². The molecule has 1 atom stereocenters. The van der Waals surface area contributed by atoms with Crippen LogP contribution in [0, 0.1) is 0 Å². The molecule has 386 valence electrons. The Morgan fingerprint density at radius 1 is 0.303 bits per heavy atom. The fourth-order valence-corrected chi connectivity index (χ4v) is 8.47. The molecule has 0 N–H and O–H groups in total. The lowest BCUT2D eigenvalue weighted by Crippen LogP contribution is -2.30. The summed E-state index contributed by atoms with van der Waals surface area (Å²) in [5.41, 5.74) is 0. The van der Waals surface area contributed by atoms with E-state index in [4.69, 9.17) is 14.2 Å². The van der Waals surface area contributed by atoms with Gasteiger partial charge < -0.3 is 14.2 Å². The molecule has 0 aromatic carbocycles. The highest BCUT2D eigenvalue weighted by Gasteiger charge is 2.19. The van der Waals surface area contributed by atoms with Gasteiger partial charge in [0.25, 0.3) is 0 Å². The van der Waals surface area contributed by atoms with Gasteiger partial charge in [0.1, 0.15) is 13.2 Å². The van der Waals surface area contributed by atoms with E-state index in [2.05, 4.69) is 57.2 Å². The zero-order valence-corrected chi connectivity index (χ0v) is 44.2. The van der Waals surface area contributed by atoms with Crippen LogP contribution in [-0.4, -0.2) is 37.2 Å². The maximum atomic E-state index is 12.8. The highest BCUT2D eigenvalue weighted by molar-refractivity contribution is 5.71. The average Bonchev–Trinajstić information content (AvgIpc) is 3.31. The topological polar surface area (TPSA) is 78.9 Å². The molecule has 0 aliphatic rings. The molecule has 0 heterocycles. The Balaban J connectivity index is 4.37. The SMILES string of the molecule is CCCCC/C=C\C/C=C\CCCCCCCCCC(=O)OCC(COC(=O)CCCCCCCCCCCCCCCCC)OC(=O)CCCCCCC/C=C\CCCCCCCCC. The van der Waals surface area contributed by atoms with E-state index in [1.165, 1.54) is 193 Å². The molecule has 0 radical (unpaired) electrons. The summed E-state index contributed by atoms with van der Waals surface area (Å²) in [6, 6.07) is 0. The van der Waals surface area contributed by atoms with E-state index in [9.17, 15) is 14.4 Å². The van der Waals surface area contributed by atoms with Gasteiger partial charge in [0.2, 0.25) is 0 Å². The van der Waals surface area contributed by atoms with Gasteiger partial charge in [-0.2, -0.15) is 0 Å². The number of hydrogen-bond donors (Lipinski definition) is 0. The van der Waals surface area contributed by atoms with Crippen LogP contribution in [0.2, 0.25) is 0 Å². The number of carbonyl (C=O) groups is 3. The van der Waals surface area contributed by atoms with E-state index < -0.39 is 6.10 Å². The second kappa shape index (κ2) is 55.2. The summed E-state index contributed by atoms with van der Waals surface area (Å²) in [5.74, 6) is -0.873. The minimum absolute atomic E-state index is 0.0744. The van der Waals surface area contributed by atoms with E-state index >= 15 is 0 Å². The molecule has 0 aliphatic carbocycles. The average molecular weight is 928 g/mol. The van der Waals surface area contributed by atoms with Crippen molar-refractivity contribution < 1.29 is 28.6 Å². The Morgan fingerprint density at radius 2 is 0.545 bits per heavy atom. The Hall–Kier alpha value is -2.37. The van der Waals surface area contributed by atoms with Crippen molar-refractivity contribution in [2.24, 2.45) is 0 Å². The molecular weight excluding hydrogens is 817 g/mol. The predicted octanol–water partition coefficient (Wildman–Crippen LogP) is 19.3. The van der Waals surface area contributed by atoms with E-state index in [0.717, 1.165) is 77.0 Å². The van der Waals surface area contributed by atoms with Crippen LogP contribution < -0.4 is 0 Å². The highest BCUT2D eigenvalue weighted by Crippen LogP contribution is 2.16. The number of rotatable bonds is 53. The first-order chi connectivity index (χ1) is 32.5. The van der Waals surface area contributed by atoms with E-state index in [1.807, 2.05) is 0 Å². The third-order valence-corrected chi connectivity index (χ3v) is 12.9. The summed E-state index contributed by atoms with van der Waals surface area (Å²) < 4.78 is 16.9. The molecule has 66 heavy (non-hydrogen) atoms. The monoisotopic (exact) mass is 927 g/mol. The van der Waals surface area contributed by atoms with E-state index in [-0.39, 0.29) is 31.1 Å². The van der Waals surface area contributed by atoms with Crippen LogP contribution in [0.3, 0.4) is 0 Å². The number of hydrogen-bond acceptors (Lipinski definition) is 6. The smallest absolute Gasteiger partial charge is 0.306 e. The molecule has 0 amide bonds. The van der Waals surface area contributed by atoms with Gasteiger partial charge in [0, 0.05) is 19.3 Å². The molecule has 0 spiro atoms. The largest absolute Gasteiger partial charge is 0.462 e. The van der Waals surface area contributed by atoms with Crippen molar-refractivity contribution in [1.29, 1.82) is 0 Å². The summed E-state index contributed by atoms with van der Waals surface area (Å²) in [4.78, 5) is 38.1. The first-order valence-corrected chi connectivity index (χ1v) is 29.0. The third-order valence-electron chi connectivity index (χ3n) is 12.9. The molecule has 0 rings (SSSR count). The molecule has 0 bridgehead atoms. The highest BCUT2D eigenvalue weighted by atomic mass is 16.6. The van der Waals surface area contributed by atoms with Gasteiger partial charge in [0.15, 0.2) is 6.10 Å². The fourth-order valence-electron chi connectivity index (χ4n) is 8.47. The maximum absolute atomic E-state index is 12.8. The van der Waals surface area contributed by atoms with Crippen LogP contribution in [0.15, 0.2) is 36.5 Å². The molecule has 1 unspecified atom stereocenters. The molecule has 0 fully saturated rings. The Kier molecular flexibility index (Phi) is 53.2. The first kappa shape index (κ1) is 63.6. The van der Waals surface area contributed by atoms with Crippen molar-refractivity contribution in [3.05, 3.63) is 36.5 Å². The lowest BCUT2D eigenvalue weighted by molar-refractivity contribution is -0.167. The van der Waals surface area contributed by atoms with Gasteiger partial charge in [0.05, 0.1) is 0 Å². The minimum atomic E-state index is -0.777. The standard InChI is InChI=1S/C60H110O6/c1-4-7-10-13-16-19-22-25-28-30-33-35-38-41-44-47-50-53-59(62)65-56-57(55-64-58(61)52-49-46-43-40-37-34-31-27-24-21-18-15-12-9-6-3)66-60(63)54-51-48-45-42-39-36-32-29-26-23-20-17-14-11-8-5-2/h16,19,25,28-29,32,57H,4-15,17-18,20-24,26-27,30-31,33-56H2,1-3H3/b19-16-,28-25-,32-29-. The van der Waals surface area contributed by atoms with Crippen LogP contribution in [0.5, 0.6) is 0 Å². The summed E-state index contributed by atoms with van der Waals surface area (Å²) in [6.07, 6.45) is 65.5. The Bertz CT molecular complexity index is 1110. The Morgan fingerprint density at radius 3 is 0.879 bits per heavy atom. The van der Waals surface area contributed by atoms with Crippen LogP contribution in [0.4, 0.5) is 0 Å². The zero-order valence-electron chi connectivity index (χ0n) is 44.2. The van der Waals surface area contributed by atoms with Crippen LogP contribution in [0.1, 0.15) is 310 Å². The minimum Gasteiger partial charge on any atom is -0.462 e. The molecule has 6 heteroatoms. The van der Waals surface area contributed by atoms with Crippen molar-refractivity contribution in [2.45, 2.75) is 316 Å². The molecule has 0 aromatic heterocycles. The number of carbonyl (C=O) groups excluding carboxylic acids is 3. The first-order valence-electron chi connectivity index (χ1n) is 29.0. The molecule has 0 aliphatic heterocycles. The van der Waals surface area contributed by atoms with E-state index in [1.54, 1.807) is 0 Å². The summed E-state index contributed by atoms with van der Waals surface area (Å²) in [7, 11) is 0. The lowest BCUT2D eigenvalue weighted by atomic mass is 10.0. The van der Waals surface area contributed by atoms with Crippen molar-refractivity contribution >= 4 is 17.9 Å². The summed E-state index contributed by atoms with van der Waals surface area (Å²) >= 11 is 0. The number of ether oxygens (including phenoxy) is 3. The van der Waals surface area contributed by atoms with Crippen molar-refractivity contribution in [2.75, 3.05) is 13.2 Å². The second-order valence-electron chi connectivity index (χ2n) is 19.6. The lowest BCUT2D eigenvalue weighted by Gasteiger charge is -2.18. The summed E-state index contributed by atoms with van der Waals surface area (Å²) in [5, 5.41) is 0. The van der Waals surface area contributed by atoms with Gasteiger partial charge >= 0.3 is 17.9 Å². The molecular formula is C60H110O6. The van der Waals surface area contributed by atoms with Crippen LogP contribution >= 0.6 is 0 Å². The number of unbranched alkanes of at least 4 members (excludes halogenated alkanes) is 36. The van der Waals surface area contributed by atoms with Crippen molar-refractivity contribution in [1.82, 2.24) is 0 Å². The normalized spacial score (nSPS) is 12.2. The predicted molar refractivity (Wildman–Crippen MR) is 284 cm³/mol. The van der Waals surface area contributed by atoms with Crippen molar-refractivity contribution in [3.63, 3.8) is 0 Å². The number of esters is 3. The maximum Gasteiger partial charge on any atom is 0.306 e. The van der Waals surface area contributed by atoms with Gasteiger partial charge in [-0.1, -0.05) is 250 Å². The molecule has 0 aromatic rings. The van der Waals surface area contributed by atoms with Gasteiger partial charge in [-0.15, -0.1) is 0 Å². The molecule has 0 saturated heterocycles.